The number of nitrogens with zero attached hydrogens (tertiary/aromatic N) is 4. The van der Waals surface area contributed by atoms with Gasteiger partial charge in [0.2, 0.25) is 0 Å². The first kappa shape index (κ1) is 15.1. The minimum atomic E-state index is -4.07. The average molecular weight is 356 g/mol. The molecule has 0 aliphatic rings. The summed E-state index contributed by atoms with van der Waals surface area (Å²) in [5.74, 6) is -0.0568. The van der Waals surface area contributed by atoms with E-state index in [0.29, 0.717) is 0 Å². The molecule has 2 aromatic heterocycles. The Morgan fingerprint density at radius 3 is 2.59 bits per heavy atom. The molecule has 3 aromatic rings. The standard InChI is InChI=1S/C12H10ClN5O2S2/c13-22(19,20)18(12-14-6-3-7-15-12)16-8-11-17-9-4-1-2-5-10(9)21-11/h1-7,16H,8H2. The number of benzene rings is 1. The van der Waals surface area contributed by atoms with E-state index in [9.17, 15) is 8.42 Å². The highest BCUT2D eigenvalue weighted by molar-refractivity contribution is 8.14. The first-order chi connectivity index (χ1) is 10.5. The maximum atomic E-state index is 11.7. The molecule has 0 aliphatic heterocycles. The summed E-state index contributed by atoms with van der Waals surface area (Å²) >= 11 is 1.47. The molecule has 1 aromatic carbocycles. The zero-order valence-electron chi connectivity index (χ0n) is 11.0. The summed E-state index contributed by atoms with van der Waals surface area (Å²) in [7, 11) is 1.35. The molecular formula is C12H10ClN5O2S2. The molecule has 0 saturated heterocycles. The van der Waals surface area contributed by atoms with Crippen LogP contribution < -0.4 is 9.84 Å². The molecule has 1 N–H and O–H groups in total. The van der Waals surface area contributed by atoms with Gasteiger partial charge in [0.1, 0.15) is 5.01 Å². The van der Waals surface area contributed by atoms with Crippen molar-refractivity contribution in [3.63, 3.8) is 0 Å². The first-order valence-corrected chi connectivity index (χ1v) is 9.22. The number of fused-ring (bicyclic) bond motifs is 1. The molecule has 0 radical (unpaired) electrons. The van der Waals surface area contributed by atoms with Crippen molar-refractivity contribution >= 4 is 47.4 Å². The Hall–Kier alpha value is -1.81. The molecule has 114 valence electrons. The third-order valence-corrected chi connectivity index (χ3v) is 4.84. The van der Waals surface area contributed by atoms with Crippen LogP contribution in [-0.2, 0) is 15.8 Å². The van der Waals surface area contributed by atoms with E-state index >= 15 is 0 Å². The number of rotatable bonds is 5. The normalized spacial score (nSPS) is 11.7. The Balaban J connectivity index is 1.82. The van der Waals surface area contributed by atoms with Gasteiger partial charge in [0.05, 0.1) is 16.8 Å². The zero-order valence-corrected chi connectivity index (χ0v) is 13.4. The van der Waals surface area contributed by atoms with Crippen molar-refractivity contribution in [3.8, 4) is 0 Å². The van der Waals surface area contributed by atoms with E-state index in [4.69, 9.17) is 10.7 Å². The van der Waals surface area contributed by atoms with Crippen LogP contribution in [0.1, 0.15) is 5.01 Å². The zero-order chi connectivity index (χ0) is 15.6. The maximum absolute atomic E-state index is 11.7. The molecule has 0 fully saturated rings. The van der Waals surface area contributed by atoms with Gasteiger partial charge in [-0.3, -0.25) is 0 Å². The van der Waals surface area contributed by atoms with Crippen LogP contribution in [0.15, 0.2) is 42.7 Å². The number of hydrogen-bond acceptors (Lipinski definition) is 7. The van der Waals surface area contributed by atoms with Gasteiger partial charge in [-0.2, -0.15) is 12.8 Å². The van der Waals surface area contributed by atoms with Crippen LogP contribution >= 0.6 is 22.0 Å². The van der Waals surface area contributed by atoms with E-state index in [0.717, 1.165) is 19.6 Å². The molecule has 3 rings (SSSR count). The van der Waals surface area contributed by atoms with E-state index < -0.39 is 9.24 Å². The minimum absolute atomic E-state index is 0.0568. The number of nitrogens with one attached hydrogen (secondary N) is 1. The number of anilines is 1. The highest BCUT2D eigenvalue weighted by Crippen LogP contribution is 2.22. The van der Waals surface area contributed by atoms with Gasteiger partial charge in [-0.05, 0) is 18.2 Å². The van der Waals surface area contributed by atoms with Crippen molar-refractivity contribution in [3.05, 3.63) is 47.7 Å². The lowest BCUT2D eigenvalue weighted by Gasteiger charge is -2.18. The lowest BCUT2D eigenvalue weighted by molar-refractivity contribution is 0.587. The van der Waals surface area contributed by atoms with E-state index in [1.54, 1.807) is 6.07 Å². The van der Waals surface area contributed by atoms with Gasteiger partial charge in [-0.25, -0.2) is 20.4 Å². The van der Waals surface area contributed by atoms with Crippen molar-refractivity contribution in [1.82, 2.24) is 20.4 Å². The largest absolute Gasteiger partial charge is 0.337 e. The van der Waals surface area contributed by atoms with Crippen LogP contribution in [0.4, 0.5) is 5.95 Å². The smallest absolute Gasteiger partial charge is 0.240 e. The molecule has 0 spiro atoms. The third kappa shape index (κ3) is 3.33. The fourth-order valence-electron chi connectivity index (χ4n) is 1.78. The van der Waals surface area contributed by atoms with Crippen LogP contribution in [0.25, 0.3) is 10.2 Å². The number of aromatic nitrogens is 3. The molecule has 7 nitrogen and oxygen atoms in total. The highest BCUT2D eigenvalue weighted by Gasteiger charge is 2.22. The lowest BCUT2D eigenvalue weighted by atomic mass is 10.3. The molecule has 0 unspecified atom stereocenters. The summed E-state index contributed by atoms with van der Waals surface area (Å²) in [6, 6.07) is 9.24. The van der Waals surface area contributed by atoms with Gasteiger partial charge < -0.3 is 0 Å². The van der Waals surface area contributed by atoms with E-state index in [2.05, 4.69) is 20.4 Å². The minimum Gasteiger partial charge on any atom is -0.240 e. The Morgan fingerprint density at radius 2 is 1.91 bits per heavy atom. The Bertz CT molecular complexity index is 852. The number of para-hydroxylation sites is 1. The van der Waals surface area contributed by atoms with E-state index in [1.807, 2.05) is 24.3 Å². The van der Waals surface area contributed by atoms with Crippen LogP contribution in [0, 0.1) is 0 Å². The van der Waals surface area contributed by atoms with Gasteiger partial charge in [0.15, 0.2) is 0 Å². The second-order valence-corrected chi connectivity index (χ2v) is 7.64. The summed E-state index contributed by atoms with van der Waals surface area (Å²) in [6.45, 7) is 0.184. The van der Waals surface area contributed by atoms with Gasteiger partial charge in [0.25, 0.3) is 5.95 Å². The first-order valence-electron chi connectivity index (χ1n) is 6.14. The van der Waals surface area contributed by atoms with Crippen molar-refractivity contribution in [2.45, 2.75) is 6.54 Å². The van der Waals surface area contributed by atoms with Gasteiger partial charge in [0, 0.05) is 23.1 Å². The second kappa shape index (κ2) is 6.13. The molecule has 10 heteroatoms. The van der Waals surface area contributed by atoms with Gasteiger partial charge in [-0.1, -0.05) is 12.1 Å². The van der Waals surface area contributed by atoms with Crippen molar-refractivity contribution in [1.29, 1.82) is 0 Å². The highest BCUT2D eigenvalue weighted by atomic mass is 35.7. The number of hydrogen-bond donors (Lipinski definition) is 1. The predicted octanol–water partition coefficient (Wildman–Crippen LogP) is 2.08. The van der Waals surface area contributed by atoms with Crippen LogP contribution in [0.5, 0.6) is 0 Å². The SMILES string of the molecule is O=S(=O)(Cl)N(NCc1nc2ccccc2s1)c1ncccn1. The Morgan fingerprint density at radius 1 is 1.18 bits per heavy atom. The monoisotopic (exact) mass is 355 g/mol. The van der Waals surface area contributed by atoms with Gasteiger partial charge in [-0.15, -0.1) is 11.3 Å². The van der Waals surface area contributed by atoms with Crippen LogP contribution in [-0.4, -0.2) is 23.4 Å². The molecule has 0 bridgehead atoms. The molecule has 0 saturated carbocycles. The molecule has 0 amide bonds. The lowest BCUT2D eigenvalue weighted by Crippen LogP contribution is -2.41. The fourth-order valence-corrected chi connectivity index (χ4v) is 3.52. The summed E-state index contributed by atoms with van der Waals surface area (Å²) < 4.78 is 25.1. The van der Waals surface area contributed by atoms with Crippen molar-refractivity contribution < 1.29 is 8.42 Å². The van der Waals surface area contributed by atoms with Gasteiger partial charge >= 0.3 is 9.24 Å². The summed E-state index contributed by atoms with van der Waals surface area (Å²) in [5.41, 5.74) is 3.55. The summed E-state index contributed by atoms with van der Waals surface area (Å²) in [6.07, 6.45) is 2.85. The molecular weight excluding hydrogens is 346 g/mol. The van der Waals surface area contributed by atoms with E-state index in [1.165, 1.54) is 23.7 Å². The Kier molecular flexibility index (Phi) is 4.21. The average Bonchev–Trinajstić information content (AvgIpc) is 2.90. The third-order valence-electron chi connectivity index (χ3n) is 2.66. The number of thiazole rings is 1. The molecule has 0 aliphatic carbocycles. The maximum Gasteiger partial charge on any atom is 0.337 e. The van der Waals surface area contributed by atoms with Crippen LogP contribution in [0.3, 0.4) is 0 Å². The Labute approximate surface area is 135 Å². The van der Waals surface area contributed by atoms with Crippen molar-refractivity contribution in [2.75, 3.05) is 4.41 Å². The summed E-state index contributed by atoms with van der Waals surface area (Å²) in [4.78, 5) is 12.2. The predicted molar refractivity (Wildman–Crippen MR) is 85.7 cm³/mol. The van der Waals surface area contributed by atoms with Crippen molar-refractivity contribution in [2.24, 2.45) is 0 Å². The van der Waals surface area contributed by atoms with Crippen LogP contribution in [0.2, 0.25) is 0 Å². The summed E-state index contributed by atoms with van der Waals surface area (Å²) in [5, 5.41) is 0.724. The molecule has 0 atom stereocenters. The quantitative estimate of drug-likeness (QED) is 0.557. The van der Waals surface area contributed by atoms with E-state index in [-0.39, 0.29) is 12.5 Å². The number of hydrazine groups is 1. The number of halogens is 1. The molecule has 2 heterocycles. The fraction of sp³-hybridized carbons (Fsp3) is 0.0833. The molecule has 22 heavy (non-hydrogen) atoms. The topological polar surface area (TPSA) is 88.1 Å². The second-order valence-electron chi connectivity index (χ2n) is 4.17.